The van der Waals surface area contributed by atoms with E-state index in [4.69, 9.17) is 28.1 Å². The minimum Gasteiger partial charge on any atom is -0.507 e. The molecule has 1 aromatic heterocycles. The zero-order valence-corrected chi connectivity index (χ0v) is 23.0. The lowest BCUT2D eigenvalue weighted by Crippen LogP contribution is -2.60. The molecule has 0 bridgehead atoms. The third-order valence-corrected chi connectivity index (χ3v) is 7.42. The fourth-order valence-electron chi connectivity index (χ4n) is 4.96. The van der Waals surface area contributed by atoms with Crippen molar-refractivity contribution in [3.8, 4) is 34.3 Å². The number of phenolic OH excluding ortho intramolecular Hbond substituents is 1. The maximum Gasteiger partial charge on any atom is 0.229 e. The Morgan fingerprint density at radius 2 is 1.32 bits per heavy atom. The van der Waals surface area contributed by atoms with E-state index in [0.29, 0.717) is 5.56 Å². The summed E-state index contributed by atoms with van der Waals surface area (Å²) >= 11 is 0. The van der Waals surface area contributed by atoms with Crippen molar-refractivity contribution in [1.29, 1.82) is 0 Å². The molecule has 2 aromatic carbocycles. The maximum absolute atomic E-state index is 13.0. The standard InChI is InChI=1S/C28H32O16/c1-39-16-4-10(2-3-14(16)42-28-26(38)24(36)22(34)19(9-30)44-28)15-7-13(32)20-12(31)5-11(6-17(20)41-15)40-27-25(37)23(35)21(33)18(8-29)43-27/h2-7,18-19,21-31,33-38H,8-9H2,1H3/t18-,19+,21-,22-,23+,24-,25-,26+,27-,28-/m1/s1. The first kappa shape index (κ1) is 31.9. The van der Waals surface area contributed by atoms with E-state index >= 15 is 0 Å². The summed E-state index contributed by atoms with van der Waals surface area (Å²) in [7, 11) is 1.32. The zero-order chi connectivity index (χ0) is 31.9. The van der Waals surface area contributed by atoms with Gasteiger partial charge in [-0.15, -0.1) is 0 Å². The molecule has 2 aliphatic rings. The van der Waals surface area contributed by atoms with E-state index in [1.165, 1.54) is 31.4 Å². The molecule has 3 aromatic rings. The molecular formula is C28H32O16. The molecule has 0 unspecified atom stereocenters. The number of hydrogen-bond acceptors (Lipinski definition) is 16. The quantitative estimate of drug-likeness (QED) is 0.126. The number of fused-ring (bicyclic) bond motifs is 1. The Bertz CT molecular complexity index is 1520. The lowest BCUT2D eigenvalue weighted by molar-refractivity contribution is -0.277. The van der Waals surface area contributed by atoms with E-state index in [2.05, 4.69) is 0 Å². The molecule has 0 amide bonds. The second-order valence-corrected chi connectivity index (χ2v) is 10.3. The second kappa shape index (κ2) is 12.8. The summed E-state index contributed by atoms with van der Waals surface area (Å²) in [6, 6.07) is 7.71. The number of aliphatic hydroxyl groups excluding tert-OH is 8. The van der Waals surface area contributed by atoms with Crippen molar-refractivity contribution >= 4 is 11.0 Å². The van der Waals surface area contributed by atoms with Gasteiger partial charge in [-0.25, -0.2) is 0 Å². The molecule has 16 heteroatoms. The van der Waals surface area contributed by atoms with Gasteiger partial charge in [0.15, 0.2) is 16.9 Å². The van der Waals surface area contributed by atoms with Crippen LogP contribution in [0.15, 0.2) is 45.6 Å². The number of hydrogen-bond donors (Lipinski definition) is 9. The van der Waals surface area contributed by atoms with E-state index in [1.807, 2.05) is 0 Å². The molecule has 44 heavy (non-hydrogen) atoms. The number of aliphatic hydroxyl groups is 8. The molecule has 0 aliphatic carbocycles. The number of phenols is 1. The van der Waals surface area contributed by atoms with Gasteiger partial charge in [-0.2, -0.15) is 0 Å². The van der Waals surface area contributed by atoms with Crippen LogP contribution >= 0.6 is 0 Å². The SMILES string of the molecule is COc1cc(-c2cc(=O)c3c(O)cc(O[C@@H]4O[C@H](CO)[C@@H](O)[C@H](O)[C@H]4O)cc3o2)ccc1O[C@@H]1O[C@@H](CO)[C@@H](O)[C@@H](O)[C@@H]1O. The van der Waals surface area contributed by atoms with Crippen LogP contribution in [0.1, 0.15) is 0 Å². The van der Waals surface area contributed by atoms with Gasteiger partial charge in [0.25, 0.3) is 0 Å². The van der Waals surface area contributed by atoms with Crippen LogP contribution in [0.25, 0.3) is 22.3 Å². The third kappa shape index (κ3) is 5.92. The molecule has 0 radical (unpaired) electrons. The van der Waals surface area contributed by atoms with Crippen LogP contribution in [-0.4, -0.2) is 128 Å². The van der Waals surface area contributed by atoms with Crippen molar-refractivity contribution in [2.24, 2.45) is 0 Å². The van der Waals surface area contributed by atoms with E-state index in [-0.39, 0.29) is 34.0 Å². The number of methoxy groups -OCH3 is 1. The van der Waals surface area contributed by atoms with E-state index in [0.717, 1.165) is 12.1 Å². The van der Waals surface area contributed by atoms with Gasteiger partial charge in [0.2, 0.25) is 12.6 Å². The topological polar surface area (TPSA) is 258 Å². The molecule has 2 fully saturated rings. The largest absolute Gasteiger partial charge is 0.507 e. The van der Waals surface area contributed by atoms with Crippen molar-refractivity contribution in [3.63, 3.8) is 0 Å². The molecule has 2 aliphatic heterocycles. The van der Waals surface area contributed by atoms with Gasteiger partial charge in [0.05, 0.1) is 20.3 Å². The highest BCUT2D eigenvalue weighted by molar-refractivity contribution is 5.86. The van der Waals surface area contributed by atoms with Crippen LogP contribution in [-0.2, 0) is 9.47 Å². The Kier molecular flexibility index (Phi) is 9.28. The van der Waals surface area contributed by atoms with Crippen LogP contribution in [0.5, 0.6) is 23.0 Å². The van der Waals surface area contributed by atoms with Gasteiger partial charge in [-0.3, -0.25) is 4.79 Å². The fraction of sp³-hybridized carbons (Fsp3) is 0.464. The average molecular weight is 625 g/mol. The zero-order valence-electron chi connectivity index (χ0n) is 23.0. The van der Waals surface area contributed by atoms with Gasteiger partial charge < -0.3 is 74.1 Å². The van der Waals surface area contributed by atoms with Gasteiger partial charge >= 0.3 is 0 Å². The Morgan fingerprint density at radius 3 is 1.89 bits per heavy atom. The summed E-state index contributed by atoms with van der Waals surface area (Å²) in [5, 5.41) is 89.8. The predicted octanol–water partition coefficient (Wildman–Crippen LogP) is -2.47. The lowest BCUT2D eigenvalue weighted by atomic mass is 9.99. The highest BCUT2D eigenvalue weighted by Gasteiger charge is 2.46. The summed E-state index contributed by atoms with van der Waals surface area (Å²) in [5.41, 5.74) is -0.451. The average Bonchev–Trinajstić information content (AvgIpc) is 3.01. The Balaban J connectivity index is 1.43. The Morgan fingerprint density at radius 1 is 0.727 bits per heavy atom. The van der Waals surface area contributed by atoms with Crippen molar-refractivity contribution in [2.45, 2.75) is 61.4 Å². The van der Waals surface area contributed by atoms with Gasteiger partial charge in [-0.05, 0) is 18.2 Å². The normalized spacial score (nSPS) is 32.4. The molecular weight excluding hydrogens is 592 g/mol. The minimum atomic E-state index is -1.72. The number of aromatic hydroxyl groups is 1. The van der Waals surface area contributed by atoms with Gasteiger partial charge in [0, 0.05) is 23.8 Å². The number of rotatable bonds is 8. The molecule has 16 nitrogen and oxygen atoms in total. The number of benzene rings is 2. The molecule has 0 saturated carbocycles. The smallest absolute Gasteiger partial charge is 0.229 e. The molecule has 5 rings (SSSR count). The van der Waals surface area contributed by atoms with Crippen molar-refractivity contribution in [1.82, 2.24) is 0 Å². The fourth-order valence-corrected chi connectivity index (χ4v) is 4.96. The first-order chi connectivity index (χ1) is 21.0. The molecule has 0 spiro atoms. The Labute approximate surface area is 248 Å². The minimum absolute atomic E-state index is 0.0181. The highest BCUT2D eigenvalue weighted by Crippen LogP contribution is 2.37. The highest BCUT2D eigenvalue weighted by atomic mass is 16.7. The van der Waals surface area contributed by atoms with Gasteiger partial charge in [0.1, 0.15) is 77.1 Å². The van der Waals surface area contributed by atoms with Crippen LogP contribution in [0.2, 0.25) is 0 Å². The molecule has 10 atom stereocenters. The molecule has 9 N–H and O–H groups in total. The lowest BCUT2D eigenvalue weighted by Gasteiger charge is -2.39. The van der Waals surface area contributed by atoms with Crippen LogP contribution in [0.4, 0.5) is 0 Å². The van der Waals surface area contributed by atoms with Crippen molar-refractivity contribution < 1.29 is 74.1 Å². The van der Waals surface area contributed by atoms with Crippen molar-refractivity contribution in [3.05, 3.63) is 46.6 Å². The summed E-state index contributed by atoms with van der Waals surface area (Å²) < 4.78 is 33.2. The van der Waals surface area contributed by atoms with Gasteiger partial charge in [-0.1, -0.05) is 0 Å². The van der Waals surface area contributed by atoms with Crippen molar-refractivity contribution in [2.75, 3.05) is 20.3 Å². The van der Waals surface area contributed by atoms with Crippen LogP contribution in [0.3, 0.4) is 0 Å². The maximum atomic E-state index is 13.0. The summed E-state index contributed by atoms with van der Waals surface area (Å²) in [6.45, 7) is -1.32. The van der Waals surface area contributed by atoms with E-state index in [1.54, 1.807) is 0 Å². The van der Waals surface area contributed by atoms with E-state index < -0.39 is 85.8 Å². The van der Waals surface area contributed by atoms with Crippen LogP contribution < -0.4 is 19.6 Å². The number of ether oxygens (including phenoxy) is 5. The first-order valence-corrected chi connectivity index (χ1v) is 13.4. The Hall–Kier alpha value is -3.55. The monoisotopic (exact) mass is 624 g/mol. The molecule has 3 heterocycles. The molecule has 2 saturated heterocycles. The van der Waals surface area contributed by atoms with E-state index in [9.17, 15) is 50.8 Å². The summed E-state index contributed by atoms with van der Waals surface area (Å²) in [6.07, 6.45) is -15.4. The summed E-state index contributed by atoms with van der Waals surface area (Å²) in [5.74, 6) is -0.519. The van der Waals surface area contributed by atoms with Crippen LogP contribution in [0, 0.1) is 0 Å². The predicted molar refractivity (Wildman–Crippen MR) is 145 cm³/mol. The third-order valence-electron chi connectivity index (χ3n) is 7.42. The summed E-state index contributed by atoms with van der Waals surface area (Å²) in [4.78, 5) is 13.0. The molecule has 240 valence electrons. The second-order valence-electron chi connectivity index (χ2n) is 10.3. The first-order valence-electron chi connectivity index (χ1n) is 13.4.